The summed E-state index contributed by atoms with van der Waals surface area (Å²) < 4.78 is 51.0. The summed E-state index contributed by atoms with van der Waals surface area (Å²) in [5.74, 6) is 0.319. The molecule has 0 aliphatic carbocycles. The van der Waals surface area contributed by atoms with E-state index in [1.165, 1.54) is 16.8 Å². The molecule has 0 fully saturated rings. The van der Waals surface area contributed by atoms with E-state index in [1.807, 2.05) is 19.1 Å². The summed E-state index contributed by atoms with van der Waals surface area (Å²) in [7, 11) is -1.09. The van der Waals surface area contributed by atoms with Gasteiger partial charge < -0.3 is 13.9 Å². The molecule has 2 heterocycles. The molecule has 2 aromatic heterocycles. The third-order valence-corrected chi connectivity index (χ3v) is 4.56. The molecule has 0 atom stereocenters. The number of hydrogen-bond donors (Lipinski definition) is 0. The Morgan fingerprint density at radius 2 is 1.79 bits per heavy atom. The van der Waals surface area contributed by atoms with Crippen LogP contribution in [0.15, 0.2) is 63.9 Å². The second-order valence-electron chi connectivity index (χ2n) is 7.54. The predicted octanol–water partition coefficient (Wildman–Crippen LogP) is 3.91. The van der Waals surface area contributed by atoms with Gasteiger partial charge >= 0.3 is 5.76 Å². The third kappa shape index (κ3) is 6.22. The second-order valence-corrected chi connectivity index (χ2v) is 9.83. The summed E-state index contributed by atoms with van der Waals surface area (Å²) in [6.07, 6.45) is 3.85. The molecule has 34 heavy (non-hydrogen) atoms. The van der Waals surface area contributed by atoms with Crippen molar-refractivity contribution in [3.8, 4) is 22.6 Å². The quantitative estimate of drug-likeness (QED) is 0.406. The highest BCUT2D eigenvalue weighted by Gasteiger charge is 2.15. The lowest BCUT2D eigenvalue weighted by molar-refractivity contribution is 0.310. The number of hydrogen-bond acceptors (Lipinski definition) is 7. The number of benzene rings is 2. The van der Waals surface area contributed by atoms with E-state index in [1.54, 1.807) is 37.4 Å². The summed E-state index contributed by atoms with van der Waals surface area (Å²) in [5.41, 5.74) is 2.46. The number of oxazole rings is 1. The van der Waals surface area contributed by atoms with E-state index in [2.05, 4.69) is 4.98 Å². The van der Waals surface area contributed by atoms with Crippen LogP contribution in [0.1, 0.15) is 12.5 Å². The van der Waals surface area contributed by atoms with E-state index in [0.29, 0.717) is 40.5 Å². The first-order valence-electron chi connectivity index (χ1n) is 10.3. The zero-order chi connectivity index (χ0) is 24.9. The summed E-state index contributed by atoms with van der Waals surface area (Å²) in [5, 5.41) is 0. The highest BCUT2D eigenvalue weighted by molar-refractivity contribution is 7.89. The minimum Gasteiger partial charge on any atom is -0.493 e. The van der Waals surface area contributed by atoms with E-state index >= 15 is 0 Å². The molecule has 180 valence electrons. The Kier molecular flexibility index (Phi) is 7.72. The van der Waals surface area contributed by atoms with Crippen molar-refractivity contribution in [2.24, 2.45) is 0 Å². The van der Waals surface area contributed by atoms with E-state index in [0.717, 1.165) is 18.1 Å². The molecule has 0 saturated heterocycles. The Hall–Kier alpha value is -3.66. The molecular formula is C24H25FN2O6S. The lowest BCUT2D eigenvalue weighted by atomic mass is 10.1. The fourth-order valence-electron chi connectivity index (χ4n) is 3.20. The second kappa shape index (κ2) is 10.5. The first-order chi connectivity index (χ1) is 16.1. The number of halogens is 1. The number of pyridine rings is 1. The minimum atomic E-state index is -2.67. The van der Waals surface area contributed by atoms with Crippen LogP contribution in [0.2, 0.25) is 0 Å². The first kappa shape index (κ1) is 25.0. The molecule has 0 spiro atoms. The number of fused-ring (bicyclic) bond motifs is 1. The average Bonchev–Trinajstić information content (AvgIpc) is 3.07. The average molecular weight is 489 g/mol. The number of aromatic nitrogens is 2. The maximum atomic E-state index is 14.1. The first-order valence-corrected chi connectivity index (χ1v) is 12.6. The van der Waals surface area contributed by atoms with E-state index < -0.39 is 15.6 Å². The third-order valence-electron chi connectivity index (χ3n) is 4.56. The number of rotatable bonds is 6. The molecule has 0 N–H and O–H groups in total. The van der Waals surface area contributed by atoms with Crippen molar-refractivity contribution in [1.29, 1.82) is 0 Å². The van der Waals surface area contributed by atoms with Gasteiger partial charge in [-0.3, -0.25) is 4.57 Å². The molecule has 0 amide bonds. The standard InChI is InChI=1S/C22H19FN2O4.C2H6O2S/c1-3-28-19-10-14(8-9-18(19)27-2)13-25-21-20(29-22(25)26)11-15(12-24-21)16-6-4-5-7-17(16)23;1-5(2,3)4/h4-12H,3,13H2,1-2H3;1-2H3. The lowest BCUT2D eigenvalue weighted by Gasteiger charge is -2.11. The van der Waals surface area contributed by atoms with Crippen molar-refractivity contribution in [2.45, 2.75) is 13.5 Å². The summed E-state index contributed by atoms with van der Waals surface area (Å²) in [6.45, 7) is 2.63. The van der Waals surface area contributed by atoms with Gasteiger partial charge in [0.15, 0.2) is 22.7 Å². The number of ether oxygens (including phenoxy) is 2. The molecule has 8 nitrogen and oxygen atoms in total. The molecule has 0 unspecified atom stereocenters. The Labute approximate surface area is 196 Å². The Morgan fingerprint density at radius 3 is 2.44 bits per heavy atom. The highest BCUT2D eigenvalue weighted by Crippen LogP contribution is 2.29. The lowest BCUT2D eigenvalue weighted by Crippen LogP contribution is -2.15. The maximum absolute atomic E-state index is 14.1. The zero-order valence-electron chi connectivity index (χ0n) is 19.2. The van der Waals surface area contributed by atoms with Crippen molar-refractivity contribution in [2.75, 3.05) is 26.2 Å². The van der Waals surface area contributed by atoms with Gasteiger partial charge in [-0.2, -0.15) is 0 Å². The monoisotopic (exact) mass is 488 g/mol. The fraction of sp³-hybridized carbons (Fsp3) is 0.250. The van der Waals surface area contributed by atoms with Crippen LogP contribution in [0.25, 0.3) is 22.4 Å². The van der Waals surface area contributed by atoms with Crippen LogP contribution in [0.3, 0.4) is 0 Å². The molecule has 0 radical (unpaired) electrons. The van der Waals surface area contributed by atoms with Crippen molar-refractivity contribution in [1.82, 2.24) is 9.55 Å². The van der Waals surface area contributed by atoms with Gasteiger partial charge in [0.2, 0.25) is 0 Å². The zero-order valence-corrected chi connectivity index (χ0v) is 20.1. The smallest absolute Gasteiger partial charge is 0.421 e. The molecule has 0 bridgehead atoms. The molecule has 2 aromatic carbocycles. The van der Waals surface area contributed by atoms with Crippen LogP contribution in [0, 0.1) is 5.82 Å². The van der Waals surface area contributed by atoms with Crippen LogP contribution in [0.5, 0.6) is 11.5 Å². The SMILES string of the molecule is CCOc1cc(Cn2c(=O)oc3cc(-c4ccccc4F)cnc32)ccc1OC.CS(C)(=O)=O. The van der Waals surface area contributed by atoms with Gasteiger partial charge in [0.1, 0.15) is 15.7 Å². The normalized spacial score (nSPS) is 11.1. The molecule has 0 aliphatic rings. The van der Waals surface area contributed by atoms with Crippen LogP contribution >= 0.6 is 0 Å². The van der Waals surface area contributed by atoms with Gasteiger partial charge in [0.25, 0.3) is 0 Å². The Balaban J connectivity index is 0.000000588. The Morgan fingerprint density at radius 1 is 1.09 bits per heavy atom. The molecule has 0 saturated carbocycles. The molecule has 0 aliphatic heterocycles. The van der Waals surface area contributed by atoms with Crippen molar-refractivity contribution < 1.29 is 26.7 Å². The van der Waals surface area contributed by atoms with Crippen LogP contribution < -0.4 is 15.2 Å². The van der Waals surface area contributed by atoms with Crippen molar-refractivity contribution in [3.63, 3.8) is 0 Å². The number of sulfone groups is 1. The van der Waals surface area contributed by atoms with Crippen LogP contribution in [0.4, 0.5) is 4.39 Å². The van der Waals surface area contributed by atoms with Gasteiger partial charge in [-0.15, -0.1) is 0 Å². The molecule has 4 rings (SSSR count). The maximum Gasteiger partial charge on any atom is 0.421 e. The Bertz CT molecular complexity index is 1450. The van der Waals surface area contributed by atoms with Crippen molar-refractivity contribution in [3.05, 3.63) is 76.7 Å². The fourth-order valence-corrected chi connectivity index (χ4v) is 3.20. The van der Waals surface area contributed by atoms with Crippen LogP contribution in [-0.4, -0.2) is 44.2 Å². The van der Waals surface area contributed by atoms with Crippen molar-refractivity contribution >= 4 is 21.1 Å². The topological polar surface area (TPSA) is 101 Å². The van der Waals surface area contributed by atoms with Gasteiger partial charge in [0, 0.05) is 29.8 Å². The minimum absolute atomic E-state index is 0.252. The molecule has 4 aromatic rings. The molecular weight excluding hydrogens is 463 g/mol. The van der Waals surface area contributed by atoms with Gasteiger partial charge in [-0.25, -0.2) is 22.6 Å². The van der Waals surface area contributed by atoms with Gasteiger partial charge in [-0.05, 0) is 36.8 Å². The highest BCUT2D eigenvalue weighted by atomic mass is 32.2. The predicted molar refractivity (Wildman–Crippen MR) is 128 cm³/mol. The number of methoxy groups -OCH3 is 1. The summed E-state index contributed by atoms with van der Waals surface area (Å²) in [4.78, 5) is 16.8. The summed E-state index contributed by atoms with van der Waals surface area (Å²) >= 11 is 0. The van der Waals surface area contributed by atoms with E-state index in [-0.39, 0.29) is 12.4 Å². The van der Waals surface area contributed by atoms with E-state index in [4.69, 9.17) is 13.9 Å². The summed E-state index contributed by atoms with van der Waals surface area (Å²) in [6, 6.07) is 13.5. The van der Waals surface area contributed by atoms with Crippen LogP contribution in [-0.2, 0) is 16.4 Å². The van der Waals surface area contributed by atoms with Gasteiger partial charge in [0.05, 0.1) is 20.3 Å². The largest absolute Gasteiger partial charge is 0.493 e. The van der Waals surface area contributed by atoms with E-state index in [9.17, 15) is 17.6 Å². The number of nitrogens with zero attached hydrogens (tertiary/aromatic N) is 2. The molecule has 10 heteroatoms. The van der Waals surface area contributed by atoms with Gasteiger partial charge in [-0.1, -0.05) is 24.3 Å².